The van der Waals surface area contributed by atoms with Crippen LogP contribution in [0.5, 0.6) is 11.5 Å². The first-order chi connectivity index (χ1) is 16.3. The third-order valence-corrected chi connectivity index (χ3v) is 5.67. The lowest BCUT2D eigenvalue weighted by molar-refractivity contribution is -0.120. The van der Waals surface area contributed by atoms with Crippen LogP contribution in [0.3, 0.4) is 0 Å². The van der Waals surface area contributed by atoms with Crippen LogP contribution in [0.2, 0.25) is 5.02 Å². The van der Waals surface area contributed by atoms with Crippen molar-refractivity contribution in [2.75, 3.05) is 17.3 Å². The highest BCUT2D eigenvalue weighted by atomic mass is 35.5. The largest absolute Gasteiger partial charge is 0.497 e. The molecular weight excluding hydrogens is 479 g/mol. The fraction of sp³-hybridized carbons (Fsp3) is 0.0800. The van der Waals surface area contributed by atoms with Gasteiger partial charge in [0.25, 0.3) is 11.8 Å². The van der Waals surface area contributed by atoms with Crippen LogP contribution in [0, 0.1) is 6.92 Å². The molecule has 3 aromatic rings. The number of imide groups is 1. The minimum Gasteiger partial charge on any atom is -0.497 e. The van der Waals surface area contributed by atoms with Gasteiger partial charge in [0, 0.05) is 10.7 Å². The molecule has 2 amide bonds. The molecule has 0 fully saturated rings. The van der Waals surface area contributed by atoms with E-state index < -0.39 is 17.8 Å². The smallest absolute Gasteiger partial charge is 0.343 e. The summed E-state index contributed by atoms with van der Waals surface area (Å²) in [5.74, 6) is -0.765. The van der Waals surface area contributed by atoms with Crippen molar-refractivity contribution in [3.8, 4) is 11.5 Å². The molecule has 0 saturated carbocycles. The number of nitrogens with zero attached hydrogens (tertiary/aromatic N) is 1. The third kappa shape index (κ3) is 4.62. The SMILES string of the molecule is COc1ccc(OC(=O)c2ccc(NC3=C(Cl)C(=O)N(c4ccc(Cl)cc4C)C3=O)cc2)cc1. The van der Waals surface area contributed by atoms with E-state index in [1.807, 2.05) is 0 Å². The second-order valence-electron chi connectivity index (χ2n) is 7.33. The van der Waals surface area contributed by atoms with Gasteiger partial charge < -0.3 is 14.8 Å². The highest BCUT2D eigenvalue weighted by Gasteiger charge is 2.39. The molecule has 1 heterocycles. The van der Waals surface area contributed by atoms with E-state index >= 15 is 0 Å². The zero-order chi connectivity index (χ0) is 24.4. The lowest BCUT2D eigenvalue weighted by atomic mass is 10.2. The van der Waals surface area contributed by atoms with Crippen molar-refractivity contribution in [1.29, 1.82) is 0 Å². The monoisotopic (exact) mass is 496 g/mol. The molecule has 1 N–H and O–H groups in total. The van der Waals surface area contributed by atoms with Crippen molar-refractivity contribution in [3.63, 3.8) is 0 Å². The standard InChI is InChI=1S/C25H18Cl2N2O5/c1-14-13-16(26)5-12-20(14)29-23(30)21(27)22(24(29)31)28-17-6-3-15(4-7-17)25(32)34-19-10-8-18(33-2)9-11-19/h3-13,28H,1-2H3. The molecular formula is C25H18Cl2N2O5. The minimum absolute atomic E-state index is 0.0606. The fourth-order valence-corrected chi connectivity index (χ4v) is 3.78. The summed E-state index contributed by atoms with van der Waals surface area (Å²) < 4.78 is 10.4. The second kappa shape index (κ2) is 9.59. The number of esters is 1. The number of nitrogens with one attached hydrogen (secondary N) is 1. The summed E-state index contributed by atoms with van der Waals surface area (Å²) in [7, 11) is 1.55. The molecule has 34 heavy (non-hydrogen) atoms. The number of aryl methyl sites for hydroxylation is 1. The molecule has 1 aliphatic heterocycles. The van der Waals surface area contributed by atoms with Crippen LogP contribution < -0.4 is 19.7 Å². The Labute approximate surface area is 205 Å². The molecule has 0 unspecified atom stereocenters. The van der Waals surface area contributed by atoms with E-state index in [9.17, 15) is 14.4 Å². The van der Waals surface area contributed by atoms with E-state index in [1.54, 1.807) is 68.6 Å². The summed E-state index contributed by atoms with van der Waals surface area (Å²) in [4.78, 5) is 39.1. The Morgan fingerprint density at radius 3 is 2.15 bits per heavy atom. The van der Waals surface area contributed by atoms with Crippen molar-refractivity contribution in [1.82, 2.24) is 0 Å². The Bertz CT molecular complexity index is 1320. The van der Waals surface area contributed by atoms with Crippen LogP contribution in [0.1, 0.15) is 15.9 Å². The maximum atomic E-state index is 13.0. The average Bonchev–Trinajstić information content (AvgIpc) is 3.03. The predicted octanol–water partition coefficient (Wildman–Crippen LogP) is 5.31. The quantitative estimate of drug-likeness (QED) is 0.282. The van der Waals surface area contributed by atoms with Crippen LogP contribution in [0.4, 0.5) is 11.4 Å². The Morgan fingerprint density at radius 1 is 0.882 bits per heavy atom. The van der Waals surface area contributed by atoms with Gasteiger partial charge in [-0.25, -0.2) is 9.69 Å². The van der Waals surface area contributed by atoms with E-state index in [2.05, 4.69) is 5.32 Å². The van der Waals surface area contributed by atoms with Gasteiger partial charge in [0.05, 0.1) is 18.4 Å². The van der Waals surface area contributed by atoms with Gasteiger partial charge >= 0.3 is 5.97 Å². The highest BCUT2D eigenvalue weighted by Crippen LogP contribution is 2.33. The van der Waals surface area contributed by atoms with Gasteiger partial charge in [0.15, 0.2) is 0 Å². The number of amides is 2. The number of carbonyl (C=O) groups excluding carboxylic acids is 3. The number of benzene rings is 3. The van der Waals surface area contributed by atoms with Gasteiger partial charge in [-0.2, -0.15) is 0 Å². The van der Waals surface area contributed by atoms with Gasteiger partial charge in [-0.15, -0.1) is 0 Å². The molecule has 0 aromatic heterocycles. The Morgan fingerprint density at radius 2 is 1.53 bits per heavy atom. The average molecular weight is 497 g/mol. The van der Waals surface area contributed by atoms with E-state index in [0.29, 0.717) is 39.0 Å². The van der Waals surface area contributed by atoms with Crippen molar-refractivity contribution in [3.05, 3.63) is 93.6 Å². The van der Waals surface area contributed by atoms with Crippen LogP contribution >= 0.6 is 23.2 Å². The lowest BCUT2D eigenvalue weighted by Crippen LogP contribution is -2.32. The summed E-state index contributed by atoms with van der Waals surface area (Å²) in [6, 6.07) is 17.7. The van der Waals surface area contributed by atoms with Crippen molar-refractivity contribution < 1.29 is 23.9 Å². The van der Waals surface area contributed by atoms with Crippen molar-refractivity contribution in [2.45, 2.75) is 6.92 Å². The number of ether oxygens (including phenoxy) is 2. The molecule has 0 bridgehead atoms. The summed E-state index contributed by atoms with van der Waals surface area (Å²) in [5.41, 5.74) is 1.75. The number of anilines is 2. The molecule has 172 valence electrons. The van der Waals surface area contributed by atoms with Gasteiger partial charge in [0.1, 0.15) is 22.2 Å². The predicted molar refractivity (Wildman–Crippen MR) is 130 cm³/mol. The fourth-order valence-electron chi connectivity index (χ4n) is 3.34. The first kappa shape index (κ1) is 23.4. The topological polar surface area (TPSA) is 84.9 Å². The van der Waals surface area contributed by atoms with Gasteiger partial charge in [0.2, 0.25) is 0 Å². The van der Waals surface area contributed by atoms with Gasteiger partial charge in [-0.05, 0) is 79.2 Å². The molecule has 0 radical (unpaired) electrons. The van der Waals surface area contributed by atoms with E-state index in [1.165, 1.54) is 12.1 Å². The van der Waals surface area contributed by atoms with Crippen LogP contribution in [0.25, 0.3) is 0 Å². The van der Waals surface area contributed by atoms with Crippen LogP contribution in [0.15, 0.2) is 77.5 Å². The number of rotatable bonds is 6. The maximum Gasteiger partial charge on any atom is 0.343 e. The maximum absolute atomic E-state index is 13.0. The number of hydrogen-bond donors (Lipinski definition) is 1. The van der Waals surface area contributed by atoms with Gasteiger partial charge in [-0.1, -0.05) is 23.2 Å². The van der Waals surface area contributed by atoms with E-state index in [0.717, 1.165) is 4.90 Å². The highest BCUT2D eigenvalue weighted by molar-refractivity contribution is 6.53. The molecule has 0 aliphatic carbocycles. The number of halogens is 2. The van der Waals surface area contributed by atoms with Crippen LogP contribution in [-0.2, 0) is 9.59 Å². The Balaban J connectivity index is 1.47. The molecule has 3 aromatic carbocycles. The zero-order valence-corrected chi connectivity index (χ0v) is 19.6. The van der Waals surface area contributed by atoms with Crippen LogP contribution in [-0.4, -0.2) is 24.9 Å². The van der Waals surface area contributed by atoms with E-state index in [-0.39, 0.29) is 10.7 Å². The molecule has 4 rings (SSSR count). The molecule has 0 saturated heterocycles. The lowest BCUT2D eigenvalue weighted by Gasteiger charge is -2.17. The Kier molecular flexibility index (Phi) is 6.58. The molecule has 1 aliphatic rings. The summed E-state index contributed by atoms with van der Waals surface area (Å²) in [5, 5.41) is 3.13. The number of hydrogen-bond acceptors (Lipinski definition) is 6. The van der Waals surface area contributed by atoms with Crippen molar-refractivity contribution in [2.24, 2.45) is 0 Å². The molecule has 0 atom stereocenters. The third-order valence-electron chi connectivity index (χ3n) is 5.09. The number of carbonyl (C=O) groups is 3. The first-order valence-corrected chi connectivity index (χ1v) is 10.8. The van der Waals surface area contributed by atoms with Gasteiger partial charge in [-0.3, -0.25) is 9.59 Å². The van der Waals surface area contributed by atoms with E-state index in [4.69, 9.17) is 32.7 Å². The normalized spacial score (nSPS) is 13.4. The summed E-state index contributed by atoms with van der Waals surface area (Å²) in [6.45, 7) is 1.74. The second-order valence-corrected chi connectivity index (χ2v) is 8.15. The number of methoxy groups -OCH3 is 1. The summed E-state index contributed by atoms with van der Waals surface area (Å²) >= 11 is 12.2. The summed E-state index contributed by atoms with van der Waals surface area (Å²) in [6.07, 6.45) is 0. The molecule has 9 heteroatoms. The Hall–Kier alpha value is -3.81. The van der Waals surface area contributed by atoms with Crippen molar-refractivity contribution >= 4 is 52.4 Å². The molecule has 0 spiro atoms. The minimum atomic E-state index is -0.640. The zero-order valence-electron chi connectivity index (χ0n) is 18.1. The molecule has 7 nitrogen and oxygen atoms in total. The first-order valence-electron chi connectivity index (χ1n) is 10.1.